The summed E-state index contributed by atoms with van der Waals surface area (Å²) in [7, 11) is 0. The fourth-order valence-corrected chi connectivity index (χ4v) is 8.59. The summed E-state index contributed by atoms with van der Waals surface area (Å²) in [6.45, 7) is 0. The van der Waals surface area contributed by atoms with Crippen molar-refractivity contribution in [2.24, 2.45) is 0 Å². The average molecular weight is 768 g/mol. The maximum atomic E-state index is 6.31. The lowest BCUT2D eigenvalue weighted by molar-refractivity contribution is 0.620. The Morgan fingerprint density at radius 3 is 1.60 bits per heavy atom. The molecule has 0 N–H and O–H groups in total. The number of nitrogens with zero attached hydrogens (tertiary/aromatic N) is 5. The third kappa shape index (κ3) is 5.57. The van der Waals surface area contributed by atoms with Gasteiger partial charge in [0.05, 0.1) is 33.6 Å². The monoisotopic (exact) mass is 767 g/mol. The molecule has 6 heteroatoms. The van der Waals surface area contributed by atoms with E-state index >= 15 is 0 Å². The van der Waals surface area contributed by atoms with Crippen molar-refractivity contribution in [2.75, 3.05) is 0 Å². The van der Waals surface area contributed by atoms with Gasteiger partial charge in [-0.3, -0.25) is 0 Å². The van der Waals surface area contributed by atoms with Crippen LogP contribution in [0.25, 0.3) is 117 Å². The molecule has 4 heterocycles. The van der Waals surface area contributed by atoms with Gasteiger partial charge in [-0.15, -0.1) is 0 Å². The number of para-hydroxylation sites is 3. The topological polar surface area (TPSA) is 69.6 Å². The van der Waals surface area contributed by atoms with E-state index in [1.165, 1.54) is 21.8 Å². The molecule has 12 aromatic rings. The van der Waals surface area contributed by atoms with Crippen LogP contribution >= 0.6 is 0 Å². The number of hydrogen-bond acceptors (Lipinski definition) is 5. The summed E-state index contributed by atoms with van der Waals surface area (Å²) in [5.41, 5.74) is 13.4. The molecule has 0 saturated heterocycles. The highest BCUT2D eigenvalue weighted by atomic mass is 16.3. The molecule has 6 nitrogen and oxygen atoms in total. The van der Waals surface area contributed by atoms with Crippen LogP contribution in [-0.2, 0) is 0 Å². The Morgan fingerprint density at radius 2 is 0.933 bits per heavy atom. The number of fused-ring (bicyclic) bond motifs is 8. The first-order valence-electron chi connectivity index (χ1n) is 20.1. The molecule has 12 rings (SSSR count). The van der Waals surface area contributed by atoms with E-state index in [1.807, 2.05) is 60.7 Å². The van der Waals surface area contributed by atoms with Crippen molar-refractivity contribution < 1.29 is 4.42 Å². The number of benzene rings is 8. The van der Waals surface area contributed by atoms with Gasteiger partial charge in [0.25, 0.3) is 0 Å². The van der Waals surface area contributed by atoms with E-state index in [4.69, 9.17) is 24.4 Å². The standard InChI is InChI=1S/C54H33N5O/c1-3-13-37(14-4-1)53-56-45(33-46(57-53)35-27-29-39(30-28-35)59-47-21-11-8-17-40(47)41-18-9-12-22-48(41)59)34-23-25-36(26-24-34)51-43-31-32-49-52(50(43)42-19-7-10-20-44(42)55-51)58-54(60-49)38-15-5-2-6-16-38/h1-33H. The molecule has 0 unspecified atom stereocenters. The lowest BCUT2D eigenvalue weighted by Gasteiger charge is -2.12. The van der Waals surface area contributed by atoms with Crippen LogP contribution in [-0.4, -0.2) is 24.5 Å². The van der Waals surface area contributed by atoms with Gasteiger partial charge in [0.15, 0.2) is 11.4 Å². The zero-order chi connectivity index (χ0) is 39.6. The first-order valence-corrected chi connectivity index (χ1v) is 20.1. The third-order valence-electron chi connectivity index (χ3n) is 11.5. The molecule has 0 atom stereocenters. The van der Waals surface area contributed by atoms with E-state index in [9.17, 15) is 0 Å². The molecular formula is C54H33N5O. The van der Waals surface area contributed by atoms with Gasteiger partial charge in [0.1, 0.15) is 5.52 Å². The number of hydrogen-bond donors (Lipinski definition) is 0. The maximum absolute atomic E-state index is 6.31. The lowest BCUT2D eigenvalue weighted by Crippen LogP contribution is -1.97. The molecular weight excluding hydrogens is 735 g/mol. The Morgan fingerprint density at radius 1 is 0.383 bits per heavy atom. The molecule has 60 heavy (non-hydrogen) atoms. The van der Waals surface area contributed by atoms with Crippen molar-refractivity contribution in [3.63, 3.8) is 0 Å². The summed E-state index contributed by atoms with van der Waals surface area (Å²) in [4.78, 5) is 20.5. The highest BCUT2D eigenvalue weighted by Crippen LogP contribution is 2.39. The average Bonchev–Trinajstić information content (AvgIpc) is 3.92. The number of pyridine rings is 1. The molecule has 0 amide bonds. The van der Waals surface area contributed by atoms with E-state index in [0.29, 0.717) is 11.7 Å². The van der Waals surface area contributed by atoms with Crippen molar-refractivity contribution in [1.29, 1.82) is 0 Å². The quantitative estimate of drug-likeness (QED) is 0.158. The van der Waals surface area contributed by atoms with Gasteiger partial charge in [-0.05, 0) is 60.7 Å². The molecule has 8 aromatic carbocycles. The van der Waals surface area contributed by atoms with Crippen molar-refractivity contribution in [3.8, 4) is 62.3 Å². The molecule has 0 bridgehead atoms. The van der Waals surface area contributed by atoms with Gasteiger partial charge in [0.2, 0.25) is 5.89 Å². The Balaban J connectivity index is 0.956. The fourth-order valence-electron chi connectivity index (χ4n) is 8.59. The number of aromatic nitrogens is 5. The second kappa shape index (κ2) is 13.7. The van der Waals surface area contributed by atoms with Gasteiger partial charge < -0.3 is 8.98 Å². The van der Waals surface area contributed by atoms with E-state index < -0.39 is 0 Å². The van der Waals surface area contributed by atoms with Crippen molar-refractivity contribution in [1.82, 2.24) is 24.5 Å². The fraction of sp³-hybridized carbons (Fsp3) is 0. The van der Waals surface area contributed by atoms with Crippen LogP contribution in [0.1, 0.15) is 0 Å². The molecule has 4 aromatic heterocycles. The van der Waals surface area contributed by atoms with Gasteiger partial charge in [0, 0.05) is 60.4 Å². The molecule has 0 spiro atoms. The highest BCUT2D eigenvalue weighted by molar-refractivity contribution is 6.20. The van der Waals surface area contributed by atoms with Gasteiger partial charge in [-0.1, -0.05) is 140 Å². The second-order valence-electron chi connectivity index (χ2n) is 15.0. The SMILES string of the molecule is c1ccc(-c2nc(-c3ccc(-c4nc5ccccc5c5c4ccc4oc(-c6ccccc6)nc45)cc3)cc(-c3ccc(-n4c5ccccc5c5ccccc54)cc3)n2)cc1. The molecule has 0 radical (unpaired) electrons. The maximum Gasteiger partial charge on any atom is 0.227 e. The lowest BCUT2D eigenvalue weighted by atomic mass is 9.98. The predicted molar refractivity (Wildman–Crippen MR) is 244 cm³/mol. The molecule has 280 valence electrons. The summed E-state index contributed by atoms with van der Waals surface area (Å²) in [5, 5.41) is 5.56. The minimum absolute atomic E-state index is 0.600. The van der Waals surface area contributed by atoms with E-state index in [1.54, 1.807) is 0 Å². The van der Waals surface area contributed by atoms with Crippen LogP contribution in [0.2, 0.25) is 0 Å². The van der Waals surface area contributed by atoms with Crippen molar-refractivity contribution in [3.05, 3.63) is 200 Å². The largest absolute Gasteiger partial charge is 0.436 e. The van der Waals surface area contributed by atoms with E-state index in [2.05, 4.69) is 144 Å². The van der Waals surface area contributed by atoms with E-state index in [0.717, 1.165) is 83.4 Å². The highest BCUT2D eigenvalue weighted by Gasteiger charge is 2.19. The summed E-state index contributed by atoms with van der Waals surface area (Å²) < 4.78 is 8.65. The minimum Gasteiger partial charge on any atom is -0.436 e. The zero-order valence-corrected chi connectivity index (χ0v) is 32.2. The van der Waals surface area contributed by atoms with Crippen LogP contribution in [0.4, 0.5) is 0 Å². The van der Waals surface area contributed by atoms with E-state index in [-0.39, 0.29) is 0 Å². The van der Waals surface area contributed by atoms with Gasteiger partial charge in [-0.25, -0.2) is 19.9 Å². The summed E-state index contributed by atoms with van der Waals surface area (Å²) in [5.74, 6) is 1.27. The zero-order valence-electron chi connectivity index (χ0n) is 32.2. The molecule has 0 saturated carbocycles. The first-order chi connectivity index (χ1) is 29.7. The predicted octanol–water partition coefficient (Wildman–Crippen LogP) is 13.8. The van der Waals surface area contributed by atoms with Crippen LogP contribution in [0.3, 0.4) is 0 Å². The summed E-state index contributed by atoms with van der Waals surface area (Å²) in [6, 6.07) is 69.1. The number of oxazole rings is 1. The number of rotatable bonds is 6. The Hall–Kier alpha value is -8.22. The van der Waals surface area contributed by atoms with Gasteiger partial charge in [-0.2, -0.15) is 0 Å². The first kappa shape index (κ1) is 33.9. The van der Waals surface area contributed by atoms with Crippen LogP contribution in [0.15, 0.2) is 205 Å². The Bertz CT molecular complexity index is 3520. The molecule has 0 aliphatic heterocycles. The molecule has 0 aliphatic carbocycles. The second-order valence-corrected chi connectivity index (χ2v) is 15.0. The van der Waals surface area contributed by atoms with Crippen LogP contribution in [0, 0.1) is 0 Å². The smallest absolute Gasteiger partial charge is 0.227 e. The summed E-state index contributed by atoms with van der Waals surface area (Å²) in [6.07, 6.45) is 0. The molecule has 0 aliphatic rings. The Labute approximate surface area is 344 Å². The van der Waals surface area contributed by atoms with Crippen molar-refractivity contribution in [2.45, 2.75) is 0 Å². The Kier molecular flexibility index (Phi) is 7.74. The summed E-state index contributed by atoms with van der Waals surface area (Å²) >= 11 is 0. The van der Waals surface area contributed by atoms with Crippen molar-refractivity contribution >= 4 is 54.6 Å². The normalized spacial score (nSPS) is 11.7. The van der Waals surface area contributed by atoms with Crippen LogP contribution in [0.5, 0.6) is 0 Å². The van der Waals surface area contributed by atoms with Gasteiger partial charge >= 0.3 is 0 Å². The minimum atomic E-state index is 0.600. The van der Waals surface area contributed by atoms with Crippen LogP contribution < -0.4 is 0 Å². The third-order valence-corrected chi connectivity index (χ3v) is 11.5. The molecule has 0 fully saturated rings.